The first-order chi connectivity index (χ1) is 12.4. The SMILES string of the molecule is O=C(N[C@@H]1CCCC[C@@H]1C(F)(F)F)C1CCN(C(=O)c2ccco2)CC1. The average molecular weight is 372 g/mol. The molecular formula is C18H23F3N2O3. The lowest BCUT2D eigenvalue weighted by Gasteiger charge is -2.36. The molecule has 1 aliphatic carbocycles. The maximum absolute atomic E-state index is 13.2. The van der Waals surface area contributed by atoms with Gasteiger partial charge in [0.2, 0.25) is 5.91 Å². The third-order valence-corrected chi connectivity index (χ3v) is 5.40. The van der Waals surface area contributed by atoms with Crippen molar-refractivity contribution in [3.63, 3.8) is 0 Å². The lowest BCUT2D eigenvalue weighted by Crippen LogP contribution is -2.51. The third kappa shape index (κ3) is 4.22. The summed E-state index contributed by atoms with van der Waals surface area (Å²) in [7, 11) is 0. The van der Waals surface area contributed by atoms with Gasteiger partial charge in [-0.3, -0.25) is 9.59 Å². The molecule has 8 heteroatoms. The van der Waals surface area contributed by atoms with Crippen molar-refractivity contribution in [1.82, 2.24) is 10.2 Å². The highest BCUT2D eigenvalue weighted by Gasteiger charge is 2.46. The van der Waals surface area contributed by atoms with Crippen molar-refractivity contribution in [3.05, 3.63) is 24.2 Å². The molecule has 2 heterocycles. The fourth-order valence-electron chi connectivity index (χ4n) is 3.90. The molecule has 1 aromatic rings. The van der Waals surface area contributed by atoms with Crippen LogP contribution in [0.1, 0.15) is 49.1 Å². The molecule has 144 valence electrons. The molecular weight excluding hydrogens is 349 g/mol. The van der Waals surface area contributed by atoms with Gasteiger partial charge in [0.05, 0.1) is 12.2 Å². The molecule has 3 rings (SSSR count). The Hall–Kier alpha value is -1.99. The summed E-state index contributed by atoms with van der Waals surface area (Å²) in [5.74, 6) is -2.11. The molecule has 0 radical (unpaired) electrons. The summed E-state index contributed by atoms with van der Waals surface area (Å²) in [5.41, 5.74) is 0. The number of carbonyl (C=O) groups excluding carboxylic acids is 2. The molecule has 1 saturated carbocycles. The van der Waals surface area contributed by atoms with Gasteiger partial charge >= 0.3 is 6.18 Å². The average Bonchev–Trinajstić information content (AvgIpc) is 3.15. The van der Waals surface area contributed by atoms with E-state index in [0.717, 1.165) is 0 Å². The number of piperidine rings is 1. The highest BCUT2D eigenvalue weighted by Crippen LogP contribution is 2.38. The van der Waals surface area contributed by atoms with E-state index in [4.69, 9.17) is 4.42 Å². The minimum absolute atomic E-state index is 0.0739. The summed E-state index contributed by atoms with van der Waals surface area (Å²) in [5, 5.41) is 2.64. The lowest BCUT2D eigenvalue weighted by atomic mass is 9.83. The van der Waals surface area contributed by atoms with Crippen molar-refractivity contribution >= 4 is 11.8 Å². The summed E-state index contributed by atoms with van der Waals surface area (Å²) in [4.78, 5) is 26.3. The van der Waals surface area contributed by atoms with Crippen molar-refractivity contribution in [1.29, 1.82) is 0 Å². The summed E-state index contributed by atoms with van der Waals surface area (Å²) in [6, 6.07) is 2.38. The number of nitrogens with one attached hydrogen (secondary N) is 1. The number of furan rings is 1. The number of alkyl halides is 3. The van der Waals surface area contributed by atoms with Gasteiger partial charge in [0.1, 0.15) is 0 Å². The number of amides is 2. The van der Waals surface area contributed by atoms with Crippen LogP contribution in [0.15, 0.2) is 22.8 Å². The highest BCUT2D eigenvalue weighted by atomic mass is 19.4. The molecule has 5 nitrogen and oxygen atoms in total. The fourth-order valence-corrected chi connectivity index (χ4v) is 3.90. The van der Waals surface area contributed by atoms with Crippen LogP contribution in [0.3, 0.4) is 0 Å². The van der Waals surface area contributed by atoms with E-state index >= 15 is 0 Å². The van der Waals surface area contributed by atoms with E-state index in [1.807, 2.05) is 0 Å². The molecule has 0 spiro atoms. The van der Waals surface area contributed by atoms with Crippen molar-refractivity contribution in [2.45, 2.75) is 50.7 Å². The number of halogens is 3. The Morgan fingerprint density at radius 3 is 2.42 bits per heavy atom. The standard InChI is InChI=1S/C18H23F3N2O3/c19-18(20,21)13-4-1-2-5-14(13)22-16(24)12-7-9-23(10-8-12)17(25)15-6-3-11-26-15/h3,6,11-14H,1-2,4-5,7-10H2,(H,22,24)/t13-,14+/m0/s1. The van der Waals surface area contributed by atoms with Gasteiger partial charge in [0.25, 0.3) is 5.91 Å². The Morgan fingerprint density at radius 1 is 1.12 bits per heavy atom. The van der Waals surface area contributed by atoms with E-state index in [1.54, 1.807) is 17.0 Å². The second-order valence-electron chi connectivity index (χ2n) is 7.09. The smallest absolute Gasteiger partial charge is 0.393 e. The van der Waals surface area contributed by atoms with E-state index in [0.29, 0.717) is 45.2 Å². The zero-order chi connectivity index (χ0) is 18.7. The molecule has 0 unspecified atom stereocenters. The number of carbonyl (C=O) groups is 2. The predicted molar refractivity (Wildman–Crippen MR) is 87.3 cm³/mol. The summed E-state index contributed by atoms with van der Waals surface area (Å²) >= 11 is 0. The number of nitrogens with zero attached hydrogens (tertiary/aromatic N) is 1. The maximum atomic E-state index is 13.2. The Balaban J connectivity index is 1.52. The van der Waals surface area contributed by atoms with Crippen LogP contribution in [0, 0.1) is 11.8 Å². The second-order valence-corrected chi connectivity index (χ2v) is 7.09. The van der Waals surface area contributed by atoms with Gasteiger partial charge in [-0.15, -0.1) is 0 Å². The summed E-state index contributed by atoms with van der Waals surface area (Å²) in [6.45, 7) is 0.788. The molecule has 2 fully saturated rings. The predicted octanol–water partition coefficient (Wildman–Crippen LogP) is 3.37. The van der Waals surface area contributed by atoms with Crippen LogP contribution >= 0.6 is 0 Å². The van der Waals surface area contributed by atoms with Crippen molar-refractivity contribution in [2.75, 3.05) is 13.1 Å². The Morgan fingerprint density at radius 2 is 1.81 bits per heavy atom. The van der Waals surface area contributed by atoms with E-state index in [1.165, 1.54) is 6.26 Å². The zero-order valence-corrected chi connectivity index (χ0v) is 14.4. The van der Waals surface area contributed by atoms with Gasteiger partial charge in [-0.05, 0) is 37.8 Å². The number of rotatable bonds is 3. The van der Waals surface area contributed by atoms with Crippen LogP contribution < -0.4 is 5.32 Å². The minimum Gasteiger partial charge on any atom is -0.459 e. The fraction of sp³-hybridized carbons (Fsp3) is 0.667. The molecule has 2 aliphatic rings. The monoisotopic (exact) mass is 372 g/mol. The first-order valence-electron chi connectivity index (χ1n) is 9.06. The van der Waals surface area contributed by atoms with Crippen molar-refractivity contribution in [3.8, 4) is 0 Å². The van der Waals surface area contributed by atoms with Gasteiger partial charge in [-0.2, -0.15) is 13.2 Å². The van der Waals surface area contributed by atoms with Crippen molar-refractivity contribution < 1.29 is 27.2 Å². The van der Waals surface area contributed by atoms with Gasteiger partial charge in [-0.1, -0.05) is 12.8 Å². The molecule has 2 atom stereocenters. The first kappa shape index (κ1) is 18.8. The Bertz CT molecular complexity index is 622. The molecule has 1 aliphatic heterocycles. The maximum Gasteiger partial charge on any atom is 0.393 e. The Labute approximate surface area is 149 Å². The number of hydrogen-bond acceptors (Lipinski definition) is 3. The first-order valence-corrected chi connectivity index (χ1v) is 9.06. The largest absolute Gasteiger partial charge is 0.459 e. The molecule has 2 amide bonds. The van der Waals surface area contributed by atoms with E-state index in [-0.39, 0.29) is 29.9 Å². The van der Waals surface area contributed by atoms with Crippen LogP contribution in [-0.2, 0) is 4.79 Å². The van der Waals surface area contributed by atoms with Gasteiger partial charge in [0.15, 0.2) is 5.76 Å². The third-order valence-electron chi connectivity index (χ3n) is 5.40. The molecule has 1 aromatic heterocycles. The Kier molecular flexibility index (Phi) is 5.58. The van der Waals surface area contributed by atoms with Crippen LogP contribution in [0.5, 0.6) is 0 Å². The molecule has 26 heavy (non-hydrogen) atoms. The van der Waals surface area contributed by atoms with Crippen LogP contribution in [0.4, 0.5) is 13.2 Å². The topological polar surface area (TPSA) is 62.6 Å². The molecule has 0 aromatic carbocycles. The summed E-state index contributed by atoms with van der Waals surface area (Å²) < 4.78 is 44.6. The normalized spacial score (nSPS) is 25.1. The van der Waals surface area contributed by atoms with Gasteiger partial charge in [0, 0.05) is 25.0 Å². The van der Waals surface area contributed by atoms with Crippen molar-refractivity contribution in [2.24, 2.45) is 11.8 Å². The van der Waals surface area contributed by atoms with E-state index in [2.05, 4.69) is 5.32 Å². The van der Waals surface area contributed by atoms with Crippen LogP contribution in [0.2, 0.25) is 0 Å². The summed E-state index contributed by atoms with van der Waals surface area (Å²) in [6.07, 6.45) is -0.275. The second kappa shape index (κ2) is 7.72. The molecule has 1 saturated heterocycles. The van der Waals surface area contributed by atoms with Gasteiger partial charge in [-0.25, -0.2) is 0 Å². The van der Waals surface area contributed by atoms with E-state index in [9.17, 15) is 22.8 Å². The van der Waals surface area contributed by atoms with Crippen LogP contribution in [-0.4, -0.2) is 42.0 Å². The molecule has 1 N–H and O–H groups in total. The number of hydrogen-bond donors (Lipinski definition) is 1. The quantitative estimate of drug-likeness (QED) is 0.885. The highest BCUT2D eigenvalue weighted by molar-refractivity contribution is 5.91. The van der Waals surface area contributed by atoms with Gasteiger partial charge < -0.3 is 14.6 Å². The number of likely N-dealkylation sites (tertiary alicyclic amines) is 1. The molecule has 0 bridgehead atoms. The zero-order valence-electron chi connectivity index (χ0n) is 14.4. The minimum atomic E-state index is -4.28. The lowest BCUT2D eigenvalue weighted by molar-refractivity contribution is -0.189. The van der Waals surface area contributed by atoms with E-state index < -0.39 is 18.1 Å². The van der Waals surface area contributed by atoms with Crippen LogP contribution in [0.25, 0.3) is 0 Å².